The van der Waals surface area contributed by atoms with Crippen LogP contribution in [-0.4, -0.2) is 20.4 Å². The Kier molecular flexibility index (Phi) is 4.24. The van der Waals surface area contributed by atoms with Crippen molar-refractivity contribution in [1.29, 1.82) is 0 Å². The first-order valence-electron chi connectivity index (χ1n) is 10.00. The van der Waals surface area contributed by atoms with Crippen molar-refractivity contribution in [3.05, 3.63) is 93.9 Å². The second-order valence-corrected chi connectivity index (χ2v) is 7.74. The highest BCUT2D eigenvalue weighted by molar-refractivity contribution is 6.04. The molecular formula is C25H21N3O2. The molecule has 0 bridgehead atoms. The molecule has 1 aliphatic rings. The quantitative estimate of drug-likeness (QED) is 0.376. The molecule has 5 rings (SSSR count). The van der Waals surface area contributed by atoms with Gasteiger partial charge in [0.05, 0.1) is 11.0 Å². The van der Waals surface area contributed by atoms with Crippen LogP contribution >= 0.6 is 0 Å². The first kappa shape index (κ1) is 18.3. The van der Waals surface area contributed by atoms with Crippen LogP contribution in [0, 0.1) is 6.92 Å². The summed E-state index contributed by atoms with van der Waals surface area (Å²) in [6, 6.07) is 15.5. The lowest BCUT2D eigenvalue weighted by molar-refractivity contribution is -0.126. The summed E-state index contributed by atoms with van der Waals surface area (Å²) in [6.45, 7) is 5.02. The highest BCUT2D eigenvalue weighted by Crippen LogP contribution is 2.29. The molecule has 5 heteroatoms. The molecule has 0 aliphatic carbocycles. The van der Waals surface area contributed by atoms with Gasteiger partial charge in [0.15, 0.2) is 0 Å². The molecule has 5 nitrogen and oxygen atoms in total. The minimum Gasteiger partial charge on any atom is -0.330 e. The van der Waals surface area contributed by atoms with Gasteiger partial charge < -0.3 is 4.90 Å². The third kappa shape index (κ3) is 2.90. The van der Waals surface area contributed by atoms with Crippen LogP contribution in [0.5, 0.6) is 0 Å². The van der Waals surface area contributed by atoms with Crippen LogP contribution in [0.3, 0.4) is 0 Å². The minimum atomic E-state index is -0.0868. The third-order valence-electron chi connectivity index (χ3n) is 5.66. The van der Waals surface area contributed by atoms with Crippen LogP contribution in [0.2, 0.25) is 0 Å². The lowest BCUT2D eigenvalue weighted by atomic mass is 10.1. The number of carbonyl (C=O) groups excluding carboxylic acids is 1. The number of nitrogens with zero attached hydrogens (tertiary/aromatic N) is 3. The molecular weight excluding hydrogens is 374 g/mol. The zero-order chi connectivity index (χ0) is 20.8. The van der Waals surface area contributed by atoms with Crippen molar-refractivity contribution in [1.82, 2.24) is 14.5 Å². The van der Waals surface area contributed by atoms with Crippen LogP contribution in [-0.2, 0) is 17.9 Å². The third-order valence-corrected chi connectivity index (χ3v) is 5.66. The van der Waals surface area contributed by atoms with Crippen molar-refractivity contribution in [2.75, 3.05) is 0 Å². The molecule has 1 amide bonds. The molecule has 0 spiro atoms. The smallest absolute Gasteiger partial charge is 0.255 e. The molecule has 148 valence electrons. The maximum atomic E-state index is 13.0. The Morgan fingerprint density at radius 2 is 1.87 bits per heavy atom. The van der Waals surface area contributed by atoms with E-state index in [1.54, 1.807) is 22.8 Å². The zero-order valence-corrected chi connectivity index (χ0v) is 16.9. The van der Waals surface area contributed by atoms with E-state index < -0.39 is 0 Å². The molecule has 0 saturated heterocycles. The van der Waals surface area contributed by atoms with E-state index in [1.807, 2.05) is 61.3 Å². The number of aromatic nitrogens is 2. The first-order chi connectivity index (χ1) is 14.5. The van der Waals surface area contributed by atoms with E-state index in [0.717, 1.165) is 44.2 Å². The van der Waals surface area contributed by atoms with Gasteiger partial charge in [0.1, 0.15) is 0 Å². The fraction of sp³-hybridized carbons (Fsp3) is 0.160. The summed E-state index contributed by atoms with van der Waals surface area (Å²) in [6.07, 6.45) is 5.16. The fourth-order valence-electron chi connectivity index (χ4n) is 4.21. The Hall–Kier alpha value is -3.73. The first-order valence-corrected chi connectivity index (χ1v) is 10.00. The van der Waals surface area contributed by atoms with E-state index in [-0.39, 0.29) is 11.5 Å². The molecule has 2 aromatic carbocycles. The van der Waals surface area contributed by atoms with Gasteiger partial charge in [-0.3, -0.25) is 19.1 Å². The molecule has 30 heavy (non-hydrogen) atoms. The average Bonchev–Trinajstić information content (AvgIpc) is 3.17. The Labute approximate surface area is 173 Å². The molecule has 0 saturated carbocycles. The molecule has 2 aromatic heterocycles. The summed E-state index contributed by atoms with van der Waals surface area (Å²) in [5, 5.41) is 1.87. The summed E-state index contributed by atoms with van der Waals surface area (Å²) in [7, 11) is 0. The summed E-state index contributed by atoms with van der Waals surface area (Å²) >= 11 is 0. The van der Waals surface area contributed by atoms with Crippen molar-refractivity contribution in [3.8, 4) is 5.69 Å². The number of fused-ring (bicyclic) bond motifs is 4. The number of pyridine rings is 2. The Balaban J connectivity index is 1.71. The SMILES string of the molecule is C/C=C/C(=O)N1Cc2ccc(-n3c(=O)ccc4cnc5ccc(C)cc5c43)cc2C1. The largest absolute Gasteiger partial charge is 0.330 e. The van der Waals surface area contributed by atoms with Gasteiger partial charge in [0.2, 0.25) is 5.91 Å². The number of aryl methyl sites for hydroxylation is 1. The van der Waals surface area contributed by atoms with Gasteiger partial charge in [-0.15, -0.1) is 0 Å². The standard InChI is InChI=1S/C25H21N3O2/c1-3-4-23(29)27-14-18-6-8-20(12-19(18)15-27)28-24(30)10-7-17-13-26-22-9-5-16(2)11-21(22)25(17)28/h3-13H,14-15H2,1-2H3/b4-3+. The summed E-state index contributed by atoms with van der Waals surface area (Å²) in [4.78, 5) is 31.6. The fourth-order valence-corrected chi connectivity index (χ4v) is 4.21. The Bertz CT molecular complexity index is 1420. The Morgan fingerprint density at radius 1 is 1.03 bits per heavy atom. The highest BCUT2D eigenvalue weighted by atomic mass is 16.2. The molecule has 3 heterocycles. The summed E-state index contributed by atoms with van der Waals surface area (Å²) < 4.78 is 1.76. The van der Waals surface area contributed by atoms with Gasteiger partial charge in [-0.25, -0.2) is 0 Å². The molecule has 0 radical (unpaired) electrons. The van der Waals surface area contributed by atoms with Crippen LogP contribution in [0.25, 0.3) is 27.5 Å². The molecule has 4 aromatic rings. The van der Waals surface area contributed by atoms with Crippen molar-refractivity contribution in [2.24, 2.45) is 0 Å². The predicted molar refractivity (Wildman–Crippen MR) is 119 cm³/mol. The molecule has 0 unspecified atom stereocenters. The summed E-state index contributed by atoms with van der Waals surface area (Å²) in [5.41, 5.74) is 5.74. The molecule has 1 aliphatic heterocycles. The normalized spacial score (nSPS) is 13.5. The van der Waals surface area contributed by atoms with Crippen LogP contribution in [0.15, 0.2) is 71.7 Å². The zero-order valence-electron chi connectivity index (χ0n) is 16.9. The van der Waals surface area contributed by atoms with Gasteiger partial charge in [0.25, 0.3) is 5.56 Å². The topological polar surface area (TPSA) is 55.2 Å². The van der Waals surface area contributed by atoms with Crippen LogP contribution in [0.1, 0.15) is 23.6 Å². The monoisotopic (exact) mass is 395 g/mol. The van der Waals surface area contributed by atoms with Crippen molar-refractivity contribution >= 4 is 27.7 Å². The van der Waals surface area contributed by atoms with Gasteiger partial charge in [-0.05, 0) is 61.4 Å². The van der Waals surface area contributed by atoms with Crippen LogP contribution in [0.4, 0.5) is 0 Å². The number of hydrogen-bond donors (Lipinski definition) is 0. The predicted octanol–water partition coefficient (Wildman–Crippen LogP) is 4.27. The number of amides is 1. The van der Waals surface area contributed by atoms with Crippen molar-refractivity contribution < 1.29 is 4.79 Å². The summed E-state index contributed by atoms with van der Waals surface area (Å²) in [5.74, 6) is 0.00474. The maximum absolute atomic E-state index is 13.0. The number of carbonyl (C=O) groups is 1. The van der Waals surface area contributed by atoms with E-state index in [1.165, 1.54) is 0 Å². The van der Waals surface area contributed by atoms with E-state index in [0.29, 0.717) is 13.1 Å². The van der Waals surface area contributed by atoms with Gasteiger partial charge >= 0.3 is 0 Å². The number of hydrogen-bond acceptors (Lipinski definition) is 3. The lowest BCUT2D eigenvalue weighted by Crippen LogP contribution is -2.22. The molecule has 0 fully saturated rings. The van der Waals surface area contributed by atoms with E-state index in [9.17, 15) is 9.59 Å². The van der Waals surface area contributed by atoms with Crippen molar-refractivity contribution in [2.45, 2.75) is 26.9 Å². The van der Waals surface area contributed by atoms with Gasteiger partial charge in [0, 0.05) is 41.8 Å². The van der Waals surface area contributed by atoms with E-state index in [4.69, 9.17) is 0 Å². The van der Waals surface area contributed by atoms with E-state index >= 15 is 0 Å². The van der Waals surface area contributed by atoms with Crippen LogP contribution < -0.4 is 5.56 Å². The highest BCUT2D eigenvalue weighted by Gasteiger charge is 2.22. The van der Waals surface area contributed by atoms with Gasteiger partial charge in [-0.1, -0.05) is 23.8 Å². The minimum absolute atomic E-state index is 0.00474. The molecule has 0 atom stereocenters. The second kappa shape index (κ2) is 6.95. The Morgan fingerprint density at radius 3 is 2.70 bits per heavy atom. The van der Waals surface area contributed by atoms with E-state index in [2.05, 4.69) is 11.1 Å². The lowest BCUT2D eigenvalue weighted by Gasteiger charge is -2.14. The number of benzene rings is 2. The van der Waals surface area contributed by atoms with Crippen molar-refractivity contribution in [3.63, 3.8) is 0 Å². The second-order valence-electron chi connectivity index (χ2n) is 7.74. The number of allylic oxidation sites excluding steroid dienone is 1. The number of rotatable bonds is 2. The van der Waals surface area contributed by atoms with Gasteiger partial charge in [-0.2, -0.15) is 0 Å². The molecule has 0 N–H and O–H groups in total. The maximum Gasteiger partial charge on any atom is 0.255 e. The average molecular weight is 395 g/mol.